The van der Waals surface area contributed by atoms with Gasteiger partial charge in [-0.1, -0.05) is 41.4 Å². The number of hydrogen-bond donors (Lipinski definition) is 0. The summed E-state index contributed by atoms with van der Waals surface area (Å²) in [6, 6.07) is 14.6. The lowest BCUT2D eigenvalue weighted by molar-refractivity contribution is -0.133. The van der Waals surface area contributed by atoms with Crippen LogP contribution in [0.25, 0.3) is 0 Å². The van der Waals surface area contributed by atoms with Gasteiger partial charge in [-0.25, -0.2) is 4.39 Å². The monoisotopic (exact) mass is 534 g/mol. The van der Waals surface area contributed by atoms with Crippen LogP contribution in [-0.2, 0) is 22.6 Å². The number of amides is 2. The molecule has 3 aromatic rings. The molecule has 35 heavy (non-hydrogen) atoms. The highest BCUT2D eigenvalue weighted by atomic mass is 35.5. The summed E-state index contributed by atoms with van der Waals surface area (Å²) in [6.45, 7) is 1.47. The van der Waals surface area contributed by atoms with Gasteiger partial charge in [0.05, 0.1) is 23.2 Å². The fraction of sp³-hybridized carbons (Fsp3) is 0.308. The highest BCUT2D eigenvalue weighted by Gasteiger charge is 2.28. The maximum absolute atomic E-state index is 13.6. The van der Waals surface area contributed by atoms with Crippen LogP contribution in [0.3, 0.4) is 0 Å². The lowest BCUT2D eigenvalue weighted by atomic mass is 10.1. The molecular weight excluding hydrogens is 510 g/mol. The van der Waals surface area contributed by atoms with E-state index in [2.05, 4.69) is 0 Å². The first-order chi connectivity index (χ1) is 16.9. The fourth-order valence-electron chi connectivity index (χ4n) is 3.98. The average molecular weight is 535 g/mol. The normalized spacial score (nSPS) is 15.2. The number of ether oxygens (including phenoxy) is 1. The highest BCUT2D eigenvalue weighted by Crippen LogP contribution is 2.24. The van der Waals surface area contributed by atoms with Crippen molar-refractivity contribution in [2.45, 2.75) is 32.0 Å². The lowest BCUT2D eigenvalue weighted by Crippen LogP contribution is -2.45. The van der Waals surface area contributed by atoms with Gasteiger partial charge in [-0.2, -0.15) is 0 Å². The van der Waals surface area contributed by atoms with E-state index < -0.39 is 0 Å². The SMILES string of the molecule is O=C(CN(C[C@@H]1CCCO1)C(=O)c1ccc(Cl)cc1Cl)N(Cc1ccc(F)cc1)Cc1cccs1. The highest BCUT2D eigenvalue weighted by molar-refractivity contribution is 7.09. The van der Waals surface area contributed by atoms with E-state index in [1.165, 1.54) is 23.1 Å². The molecule has 1 fully saturated rings. The van der Waals surface area contributed by atoms with Gasteiger partial charge in [-0.05, 0) is 60.2 Å². The van der Waals surface area contributed by atoms with Gasteiger partial charge in [-0.3, -0.25) is 9.59 Å². The van der Waals surface area contributed by atoms with E-state index in [1.54, 1.807) is 40.5 Å². The predicted octanol–water partition coefficient (Wildman–Crippen LogP) is 6.04. The molecule has 1 aliphatic rings. The van der Waals surface area contributed by atoms with E-state index in [-0.39, 0.29) is 47.4 Å². The van der Waals surface area contributed by atoms with E-state index in [0.717, 1.165) is 23.3 Å². The van der Waals surface area contributed by atoms with Gasteiger partial charge in [0.25, 0.3) is 5.91 Å². The van der Waals surface area contributed by atoms with Crippen LogP contribution in [0, 0.1) is 5.82 Å². The van der Waals surface area contributed by atoms with Crippen molar-refractivity contribution in [3.8, 4) is 0 Å². The Morgan fingerprint density at radius 3 is 2.51 bits per heavy atom. The van der Waals surface area contributed by atoms with E-state index >= 15 is 0 Å². The second-order valence-electron chi connectivity index (χ2n) is 8.40. The average Bonchev–Trinajstić information content (AvgIpc) is 3.53. The molecule has 4 rings (SSSR count). The Morgan fingerprint density at radius 1 is 1.06 bits per heavy atom. The smallest absolute Gasteiger partial charge is 0.255 e. The zero-order chi connectivity index (χ0) is 24.8. The summed E-state index contributed by atoms with van der Waals surface area (Å²) in [4.78, 5) is 31.2. The van der Waals surface area contributed by atoms with Crippen LogP contribution >= 0.6 is 34.5 Å². The third kappa shape index (κ3) is 7.04. The quantitative estimate of drug-likeness (QED) is 0.336. The van der Waals surface area contributed by atoms with Crippen LogP contribution in [0.15, 0.2) is 60.0 Å². The van der Waals surface area contributed by atoms with Gasteiger partial charge in [0, 0.05) is 29.6 Å². The molecule has 0 N–H and O–H groups in total. The molecule has 1 aliphatic heterocycles. The molecule has 9 heteroatoms. The summed E-state index contributed by atoms with van der Waals surface area (Å²) >= 11 is 13.9. The number of thiophene rings is 1. The Labute approximate surface area is 218 Å². The summed E-state index contributed by atoms with van der Waals surface area (Å²) in [5.41, 5.74) is 1.08. The lowest BCUT2D eigenvalue weighted by Gasteiger charge is -2.29. The molecule has 1 aromatic heterocycles. The minimum absolute atomic E-state index is 0.135. The minimum atomic E-state index is -0.353. The van der Waals surface area contributed by atoms with Crippen molar-refractivity contribution in [3.63, 3.8) is 0 Å². The Bertz CT molecular complexity index is 1150. The molecule has 0 unspecified atom stereocenters. The predicted molar refractivity (Wildman–Crippen MR) is 136 cm³/mol. The molecule has 0 saturated carbocycles. The molecule has 2 aromatic carbocycles. The molecule has 1 atom stereocenters. The van der Waals surface area contributed by atoms with Gasteiger partial charge in [0.15, 0.2) is 0 Å². The first kappa shape index (κ1) is 25.6. The number of benzene rings is 2. The number of halogens is 3. The van der Waals surface area contributed by atoms with Crippen LogP contribution in [0.1, 0.15) is 33.6 Å². The molecule has 0 spiro atoms. The van der Waals surface area contributed by atoms with Crippen molar-refractivity contribution >= 4 is 46.4 Å². The minimum Gasteiger partial charge on any atom is -0.376 e. The van der Waals surface area contributed by atoms with Crippen LogP contribution in [0.2, 0.25) is 10.0 Å². The third-order valence-corrected chi connectivity index (χ3v) is 7.20. The standard InChI is InChI=1S/C26H25Cl2FN2O3S/c27-19-7-10-23(24(28)13-19)26(33)31(15-21-3-1-11-34-21)17-25(32)30(16-22-4-2-12-35-22)14-18-5-8-20(29)9-6-18/h2,4-10,12-13,21H,1,3,11,14-17H2/t21-/m0/s1. The summed E-state index contributed by atoms with van der Waals surface area (Å²) in [7, 11) is 0. The van der Waals surface area contributed by atoms with Crippen LogP contribution in [0.4, 0.5) is 4.39 Å². The second-order valence-corrected chi connectivity index (χ2v) is 10.3. The maximum atomic E-state index is 13.6. The number of rotatable bonds is 9. The van der Waals surface area contributed by atoms with Crippen molar-refractivity contribution < 1.29 is 18.7 Å². The van der Waals surface area contributed by atoms with Crippen molar-refractivity contribution in [1.82, 2.24) is 9.80 Å². The maximum Gasteiger partial charge on any atom is 0.255 e. The fourth-order valence-corrected chi connectivity index (χ4v) is 5.19. The zero-order valence-electron chi connectivity index (χ0n) is 19.0. The molecule has 1 saturated heterocycles. The molecule has 0 aliphatic carbocycles. The Hall–Kier alpha value is -2.45. The number of carbonyl (C=O) groups is 2. The molecule has 0 bridgehead atoms. The third-order valence-electron chi connectivity index (χ3n) is 5.79. The summed E-state index contributed by atoms with van der Waals surface area (Å²) < 4.78 is 19.2. The summed E-state index contributed by atoms with van der Waals surface area (Å²) in [5.74, 6) is -0.911. The summed E-state index contributed by atoms with van der Waals surface area (Å²) in [6.07, 6.45) is 1.60. The largest absolute Gasteiger partial charge is 0.376 e. The van der Waals surface area contributed by atoms with Crippen molar-refractivity contribution in [3.05, 3.63) is 91.8 Å². The van der Waals surface area contributed by atoms with E-state index in [4.69, 9.17) is 27.9 Å². The van der Waals surface area contributed by atoms with Gasteiger partial charge in [0.2, 0.25) is 5.91 Å². The Kier molecular flexibility index (Phi) is 8.78. The zero-order valence-corrected chi connectivity index (χ0v) is 21.3. The van der Waals surface area contributed by atoms with Gasteiger partial charge < -0.3 is 14.5 Å². The molecule has 0 radical (unpaired) electrons. The molecule has 2 heterocycles. The van der Waals surface area contributed by atoms with E-state index in [0.29, 0.717) is 24.7 Å². The van der Waals surface area contributed by atoms with Crippen LogP contribution in [-0.4, -0.2) is 47.4 Å². The molecule has 184 valence electrons. The van der Waals surface area contributed by atoms with E-state index in [9.17, 15) is 14.0 Å². The first-order valence-electron chi connectivity index (χ1n) is 11.3. The molecule has 5 nitrogen and oxygen atoms in total. The molecule has 2 amide bonds. The van der Waals surface area contributed by atoms with Crippen LogP contribution in [0.5, 0.6) is 0 Å². The van der Waals surface area contributed by atoms with Crippen molar-refractivity contribution in [1.29, 1.82) is 0 Å². The van der Waals surface area contributed by atoms with Gasteiger partial charge in [0.1, 0.15) is 12.4 Å². The van der Waals surface area contributed by atoms with E-state index in [1.807, 2.05) is 17.5 Å². The van der Waals surface area contributed by atoms with Gasteiger partial charge in [-0.15, -0.1) is 11.3 Å². The van der Waals surface area contributed by atoms with Crippen molar-refractivity contribution in [2.75, 3.05) is 19.7 Å². The number of nitrogens with zero attached hydrogens (tertiary/aromatic N) is 2. The molecular formula is C26H25Cl2FN2O3S. The topological polar surface area (TPSA) is 49.9 Å². The van der Waals surface area contributed by atoms with Crippen LogP contribution < -0.4 is 0 Å². The first-order valence-corrected chi connectivity index (χ1v) is 12.9. The second kappa shape index (κ2) is 12.0. The number of hydrogen-bond acceptors (Lipinski definition) is 4. The summed E-state index contributed by atoms with van der Waals surface area (Å²) in [5, 5.41) is 2.61. The number of carbonyl (C=O) groups excluding carboxylic acids is 2. The Balaban J connectivity index is 1.56. The van der Waals surface area contributed by atoms with Crippen molar-refractivity contribution in [2.24, 2.45) is 0 Å². The Morgan fingerprint density at radius 2 is 1.86 bits per heavy atom. The van der Waals surface area contributed by atoms with Gasteiger partial charge >= 0.3 is 0 Å².